The molecule has 0 spiro atoms. The fraction of sp³-hybridized carbons (Fsp3) is 0.818. The number of alkyl carbamates (subject to hydrolysis) is 1. The van der Waals surface area contributed by atoms with Crippen molar-refractivity contribution in [3.63, 3.8) is 0 Å². The molecule has 0 aliphatic carbocycles. The average molecular weight is 265 g/mol. The first-order valence-corrected chi connectivity index (χ1v) is 5.98. The monoisotopic (exact) mass is 264 g/mol. The van der Waals surface area contributed by atoms with E-state index in [-0.39, 0.29) is 17.8 Å². The first-order chi connectivity index (χ1) is 7.65. The van der Waals surface area contributed by atoms with Crippen LogP contribution < -0.4 is 5.32 Å². The average Bonchev–Trinajstić information content (AvgIpc) is 2.12. The van der Waals surface area contributed by atoms with Crippen LogP contribution in [0.25, 0.3) is 0 Å². The van der Waals surface area contributed by atoms with Gasteiger partial charge in [0.1, 0.15) is 11.5 Å². The van der Waals surface area contributed by atoms with Gasteiger partial charge < -0.3 is 15.0 Å². The van der Waals surface area contributed by atoms with Crippen LogP contribution in [0.15, 0.2) is 0 Å². The number of rotatable bonds is 4. The number of hydrogen-bond acceptors (Lipinski definition) is 3. The van der Waals surface area contributed by atoms with E-state index in [0.29, 0.717) is 6.54 Å². The third-order valence-electron chi connectivity index (χ3n) is 1.85. The molecule has 6 heteroatoms. The maximum absolute atomic E-state index is 11.4. The molecule has 0 radical (unpaired) electrons. The van der Waals surface area contributed by atoms with Crippen molar-refractivity contribution in [1.29, 1.82) is 0 Å². The SMILES string of the molecule is CC(CN(C)C(=O)CCl)NC(=O)OC(C)(C)C. The molecule has 0 aromatic rings. The van der Waals surface area contributed by atoms with Crippen LogP contribution in [0.5, 0.6) is 0 Å². The zero-order valence-corrected chi connectivity index (χ0v) is 11.8. The number of ether oxygens (including phenoxy) is 1. The molecule has 5 nitrogen and oxygen atoms in total. The van der Waals surface area contributed by atoms with Crippen molar-refractivity contribution in [3.8, 4) is 0 Å². The highest BCUT2D eigenvalue weighted by molar-refractivity contribution is 6.27. The fourth-order valence-corrected chi connectivity index (χ4v) is 1.37. The summed E-state index contributed by atoms with van der Waals surface area (Å²) in [6.45, 7) is 7.56. The number of hydrogen-bond donors (Lipinski definition) is 1. The lowest BCUT2D eigenvalue weighted by atomic mass is 10.2. The molecular formula is C11H21ClN2O3. The lowest BCUT2D eigenvalue weighted by Gasteiger charge is -2.24. The summed E-state index contributed by atoms with van der Waals surface area (Å²) in [6.07, 6.45) is -0.489. The molecule has 0 bridgehead atoms. The van der Waals surface area contributed by atoms with Gasteiger partial charge in [0.15, 0.2) is 0 Å². The van der Waals surface area contributed by atoms with E-state index in [1.807, 2.05) is 0 Å². The topological polar surface area (TPSA) is 58.6 Å². The predicted molar refractivity (Wildman–Crippen MR) is 67.2 cm³/mol. The first-order valence-electron chi connectivity index (χ1n) is 5.45. The van der Waals surface area contributed by atoms with Crippen LogP contribution >= 0.6 is 11.6 Å². The van der Waals surface area contributed by atoms with Gasteiger partial charge in [-0.15, -0.1) is 11.6 Å². The molecule has 0 heterocycles. The third kappa shape index (κ3) is 7.85. The van der Waals surface area contributed by atoms with Crippen LogP contribution in [0, 0.1) is 0 Å². The molecule has 100 valence electrons. The van der Waals surface area contributed by atoms with Gasteiger partial charge in [-0.1, -0.05) is 0 Å². The lowest BCUT2D eigenvalue weighted by molar-refractivity contribution is -0.127. The summed E-state index contributed by atoms with van der Waals surface area (Å²) in [5.41, 5.74) is -0.526. The van der Waals surface area contributed by atoms with E-state index in [4.69, 9.17) is 16.3 Å². The minimum absolute atomic E-state index is 0.0599. The maximum atomic E-state index is 11.4. The number of nitrogens with zero attached hydrogens (tertiary/aromatic N) is 1. The molecule has 0 saturated carbocycles. The van der Waals surface area contributed by atoms with E-state index in [1.54, 1.807) is 34.7 Å². The van der Waals surface area contributed by atoms with Gasteiger partial charge in [0.2, 0.25) is 5.91 Å². The fourth-order valence-electron chi connectivity index (χ4n) is 1.17. The number of halogens is 1. The van der Waals surface area contributed by atoms with Gasteiger partial charge in [-0.25, -0.2) is 4.79 Å². The van der Waals surface area contributed by atoms with Gasteiger partial charge in [0, 0.05) is 19.6 Å². The molecule has 0 saturated heterocycles. The molecule has 0 aliphatic heterocycles. The zero-order valence-electron chi connectivity index (χ0n) is 11.0. The normalized spacial score (nSPS) is 12.8. The van der Waals surface area contributed by atoms with E-state index in [9.17, 15) is 9.59 Å². The number of carbonyl (C=O) groups is 2. The van der Waals surface area contributed by atoms with Gasteiger partial charge >= 0.3 is 6.09 Å². The van der Waals surface area contributed by atoms with Gasteiger partial charge in [0.25, 0.3) is 0 Å². The van der Waals surface area contributed by atoms with Crippen molar-refractivity contribution >= 4 is 23.6 Å². The Hall–Kier alpha value is -0.970. The van der Waals surface area contributed by atoms with Crippen molar-refractivity contribution in [1.82, 2.24) is 10.2 Å². The van der Waals surface area contributed by atoms with Crippen molar-refractivity contribution in [3.05, 3.63) is 0 Å². The number of likely N-dealkylation sites (N-methyl/N-ethyl adjacent to an activating group) is 1. The molecule has 0 aromatic heterocycles. The maximum Gasteiger partial charge on any atom is 0.407 e. The van der Waals surface area contributed by atoms with Crippen molar-refractivity contribution in [2.24, 2.45) is 0 Å². The predicted octanol–water partition coefficient (Wildman–Crippen LogP) is 1.60. The second kappa shape index (κ2) is 6.69. The first kappa shape index (κ1) is 16.0. The number of nitrogens with one attached hydrogen (secondary N) is 1. The highest BCUT2D eigenvalue weighted by Gasteiger charge is 2.19. The van der Waals surface area contributed by atoms with Crippen LogP contribution in [0.4, 0.5) is 4.79 Å². The number of alkyl halides is 1. The van der Waals surface area contributed by atoms with E-state index < -0.39 is 11.7 Å². The Labute approximate surface area is 107 Å². The minimum Gasteiger partial charge on any atom is -0.444 e. The second-order valence-corrected chi connectivity index (χ2v) is 5.22. The molecule has 1 unspecified atom stereocenters. The Balaban J connectivity index is 4.06. The number of carbonyl (C=O) groups excluding carboxylic acids is 2. The van der Waals surface area contributed by atoms with Crippen LogP contribution in [0.1, 0.15) is 27.7 Å². The molecule has 0 aliphatic rings. The van der Waals surface area contributed by atoms with Crippen molar-refractivity contribution in [2.75, 3.05) is 19.5 Å². The molecule has 2 amide bonds. The molecule has 0 rings (SSSR count). The van der Waals surface area contributed by atoms with E-state index in [2.05, 4.69) is 5.32 Å². The summed E-state index contributed by atoms with van der Waals surface area (Å²) < 4.78 is 5.10. The largest absolute Gasteiger partial charge is 0.444 e. The third-order valence-corrected chi connectivity index (χ3v) is 2.08. The second-order valence-electron chi connectivity index (χ2n) is 4.96. The Morgan fingerprint density at radius 3 is 2.35 bits per heavy atom. The summed E-state index contributed by atoms with van der Waals surface area (Å²) >= 11 is 5.42. The summed E-state index contributed by atoms with van der Waals surface area (Å²) in [4.78, 5) is 24.1. The summed E-state index contributed by atoms with van der Waals surface area (Å²) in [5, 5.41) is 2.65. The Bertz CT molecular complexity index is 276. The van der Waals surface area contributed by atoms with E-state index >= 15 is 0 Å². The van der Waals surface area contributed by atoms with Gasteiger partial charge in [-0.05, 0) is 27.7 Å². The van der Waals surface area contributed by atoms with Crippen LogP contribution in [0.2, 0.25) is 0 Å². The molecular weight excluding hydrogens is 244 g/mol. The van der Waals surface area contributed by atoms with Gasteiger partial charge in [-0.3, -0.25) is 4.79 Å². The molecule has 0 aromatic carbocycles. The summed E-state index contributed by atoms with van der Waals surface area (Å²) in [5.74, 6) is -0.236. The van der Waals surface area contributed by atoms with E-state index in [1.165, 1.54) is 4.90 Å². The van der Waals surface area contributed by atoms with Crippen LogP contribution in [-0.2, 0) is 9.53 Å². The zero-order chi connectivity index (χ0) is 13.6. The number of amides is 2. The van der Waals surface area contributed by atoms with Crippen LogP contribution in [-0.4, -0.2) is 48.0 Å². The quantitative estimate of drug-likeness (QED) is 0.785. The summed E-state index contributed by atoms with van der Waals surface area (Å²) in [6, 6.07) is -0.193. The summed E-state index contributed by atoms with van der Waals surface area (Å²) in [7, 11) is 1.64. The Morgan fingerprint density at radius 1 is 1.41 bits per heavy atom. The standard InChI is InChI=1S/C11H21ClN2O3/c1-8(7-14(5)9(15)6-12)13-10(16)17-11(2,3)4/h8H,6-7H2,1-5H3,(H,13,16). The van der Waals surface area contributed by atoms with Crippen molar-refractivity contribution in [2.45, 2.75) is 39.3 Å². The molecule has 1 N–H and O–H groups in total. The Morgan fingerprint density at radius 2 is 1.94 bits per heavy atom. The van der Waals surface area contributed by atoms with Crippen molar-refractivity contribution < 1.29 is 14.3 Å². The highest BCUT2D eigenvalue weighted by Crippen LogP contribution is 2.06. The molecule has 0 fully saturated rings. The lowest BCUT2D eigenvalue weighted by Crippen LogP contribution is -2.44. The van der Waals surface area contributed by atoms with E-state index in [0.717, 1.165) is 0 Å². The smallest absolute Gasteiger partial charge is 0.407 e. The van der Waals surface area contributed by atoms with Crippen LogP contribution in [0.3, 0.4) is 0 Å². The van der Waals surface area contributed by atoms with Gasteiger partial charge in [0.05, 0.1) is 0 Å². The molecule has 1 atom stereocenters. The Kier molecular flexibility index (Phi) is 6.31. The van der Waals surface area contributed by atoms with Gasteiger partial charge in [-0.2, -0.15) is 0 Å². The highest BCUT2D eigenvalue weighted by atomic mass is 35.5. The molecule has 17 heavy (non-hydrogen) atoms. The minimum atomic E-state index is -0.526.